The molecule has 2 rings (SSSR count). The smallest absolute Gasteiger partial charge is 0.0948 e. The van der Waals surface area contributed by atoms with E-state index in [-0.39, 0.29) is 0 Å². The number of imidazole rings is 1. The van der Waals surface area contributed by atoms with E-state index in [4.69, 9.17) is 0 Å². The van der Waals surface area contributed by atoms with E-state index in [2.05, 4.69) is 58.7 Å². The molecule has 0 spiro atoms. The van der Waals surface area contributed by atoms with Gasteiger partial charge < -0.3 is 14.5 Å². The fraction of sp³-hybridized carbons (Fsp3) is 0.533. The van der Waals surface area contributed by atoms with Crippen LogP contribution in [0.4, 0.5) is 0 Å². The number of rotatable bonds is 7. The maximum absolute atomic E-state index is 4.21. The minimum atomic E-state index is 0.460. The van der Waals surface area contributed by atoms with Crippen molar-refractivity contribution in [1.29, 1.82) is 0 Å². The van der Waals surface area contributed by atoms with Crippen molar-refractivity contribution >= 4 is 0 Å². The highest BCUT2D eigenvalue weighted by molar-refractivity contribution is 5.16. The Kier molecular flexibility index (Phi) is 4.80. The van der Waals surface area contributed by atoms with Gasteiger partial charge in [0.2, 0.25) is 0 Å². The summed E-state index contributed by atoms with van der Waals surface area (Å²) in [6.45, 7) is 9.38. The van der Waals surface area contributed by atoms with Crippen LogP contribution in [0.5, 0.6) is 0 Å². The van der Waals surface area contributed by atoms with E-state index in [1.165, 1.54) is 11.3 Å². The third-order valence-corrected chi connectivity index (χ3v) is 3.52. The van der Waals surface area contributed by atoms with Crippen molar-refractivity contribution in [2.75, 3.05) is 6.54 Å². The third-order valence-electron chi connectivity index (χ3n) is 3.52. The number of hydrogen-bond acceptors (Lipinski definition) is 2. The number of hydrogen-bond donors (Lipinski definition) is 1. The second-order valence-corrected chi connectivity index (χ2v) is 4.81. The molecule has 0 bridgehead atoms. The molecule has 0 aliphatic carbocycles. The summed E-state index contributed by atoms with van der Waals surface area (Å²) in [5.41, 5.74) is 2.62. The lowest BCUT2D eigenvalue weighted by atomic mass is 10.1. The second kappa shape index (κ2) is 6.57. The SMILES string of the molecule is CCNC(CC)c1ccn(Cc2cncn2CC)c1. The summed E-state index contributed by atoms with van der Waals surface area (Å²) in [5, 5.41) is 3.51. The van der Waals surface area contributed by atoms with Crippen LogP contribution < -0.4 is 5.32 Å². The van der Waals surface area contributed by atoms with Gasteiger partial charge in [-0.05, 0) is 31.5 Å². The zero-order valence-corrected chi connectivity index (χ0v) is 12.1. The number of nitrogens with zero attached hydrogens (tertiary/aromatic N) is 3. The molecule has 0 aromatic carbocycles. The number of aromatic nitrogens is 3. The zero-order valence-electron chi connectivity index (χ0n) is 12.1. The molecule has 4 nitrogen and oxygen atoms in total. The van der Waals surface area contributed by atoms with E-state index in [0.29, 0.717) is 6.04 Å². The summed E-state index contributed by atoms with van der Waals surface area (Å²) < 4.78 is 4.42. The summed E-state index contributed by atoms with van der Waals surface area (Å²) in [7, 11) is 0. The summed E-state index contributed by atoms with van der Waals surface area (Å²) >= 11 is 0. The molecule has 0 aliphatic rings. The number of aryl methyl sites for hydroxylation is 1. The first-order valence-electron chi connectivity index (χ1n) is 7.16. The molecule has 2 aromatic rings. The summed E-state index contributed by atoms with van der Waals surface area (Å²) in [5.74, 6) is 0. The van der Waals surface area contributed by atoms with Gasteiger partial charge in [0, 0.05) is 31.2 Å². The highest BCUT2D eigenvalue weighted by Gasteiger charge is 2.09. The first-order valence-corrected chi connectivity index (χ1v) is 7.16. The van der Waals surface area contributed by atoms with Crippen molar-refractivity contribution in [3.8, 4) is 0 Å². The topological polar surface area (TPSA) is 34.8 Å². The molecular formula is C15H24N4. The Balaban J connectivity index is 2.08. The Morgan fingerprint density at radius 2 is 2.16 bits per heavy atom. The van der Waals surface area contributed by atoms with E-state index in [9.17, 15) is 0 Å². The molecule has 2 aromatic heterocycles. The maximum Gasteiger partial charge on any atom is 0.0948 e. The predicted octanol–water partition coefficient (Wildman–Crippen LogP) is 2.81. The van der Waals surface area contributed by atoms with E-state index in [1.54, 1.807) is 0 Å². The van der Waals surface area contributed by atoms with Crippen molar-refractivity contribution in [3.05, 3.63) is 42.2 Å². The molecule has 0 saturated carbocycles. The number of nitrogens with one attached hydrogen (secondary N) is 1. The first kappa shape index (κ1) is 13.9. The van der Waals surface area contributed by atoms with Gasteiger partial charge >= 0.3 is 0 Å². The van der Waals surface area contributed by atoms with Gasteiger partial charge in [-0.2, -0.15) is 0 Å². The Hall–Kier alpha value is -1.55. The zero-order chi connectivity index (χ0) is 13.7. The standard InChI is InChI=1S/C15H24N4/c1-4-15(17-5-2)13-7-8-18(10-13)11-14-9-16-12-19(14)6-3/h7-10,12,15,17H,4-6,11H2,1-3H3. The normalized spacial score (nSPS) is 12.8. The largest absolute Gasteiger partial charge is 0.348 e. The van der Waals surface area contributed by atoms with Crippen LogP contribution >= 0.6 is 0 Å². The Morgan fingerprint density at radius 3 is 2.84 bits per heavy atom. The molecule has 2 heterocycles. The van der Waals surface area contributed by atoms with Gasteiger partial charge in [0.05, 0.1) is 18.6 Å². The molecule has 0 aliphatic heterocycles. The molecule has 0 saturated heterocycles. The fourth-order valence-corrected chi connectivity index (χ4v) is 2.46. The van der Waals surface area contributed by atoms with E-state index < -0.39 is 0 Å². The van der Waals surface area contributed by atoms with Gasteiger partial charge in [-0.3, -0.25) is 0 Å². The van der Waals surface area contributed by atoms with Crippen LogP contribution in [0.2, 0.25) is 0 Å². The van der Waals surface area contributed by atoms with Crippen molar-refractivity contribution in [3.63, 3.8) is 0 Å². The Bertz CT molecular complexity index is 498. The van der Waals surface area contributed by atoms with Gasteiger partial charge in [-0.15, -0.1) is 0 Å². The lowest BCUT2D eigenvalue weighted by Crippen LogP contribution is -2.19. The van der Waals surface area contributed by atoms with Crippen LogP contribution in [-0.2, 0) is 13.1 Å². The average molecular weight is 260 g/mol. The van der Waals surface area contributed by atoms with E-state index >= 15 is 0 Å². The summed E-state index contributed by atoms with van der Waals surface area (Å²) in [4.78, 5) is 4.21. The Morgan fingerprint density at radius 1 is 1.32 bits per heavy atom. The lowest BCUT2D eigenvalue weighted by molar-refractivity contribution is 0.536. The van der Waals surface area contributed by atoms with Crippen molar-refractivity contribution in [2.24, 2.45) is 0 Å². The maximum atomic E-state index is 4.21. The molecular weight excluding hydrogens is 236 g/mol. The van der Waals surface area contributed by atoms with Crippen molar-refractivity contribution < 1.29 is 0 Å². The second-order valence-electron chi connectivity index (χ2n) is 4.81. The van der Waals surface area contributed by atoms with Gasteiger partial charge in [0.15, 0.2) is 0 Å². The van der Waals surface area contributed by atoms with Crippen molar-refractivity contribution in [1.82, 2.24) is 19.4 Å². The minimum Gasteiger partial charge on any atom is -0.348 e. The molecule has 0 radical (unpaired) electrons. The Labute approximate surface area is 115 Å². The van der Waals surface area contributed by atoms with Gasteiger partial charge in [0.1, 0.15) is 0 Å². The molecule has 104 valence electrons. The molecule has 19 heavy (non-hydrogen) atoms. The predicted molar refractivity (Wildman–Crippen MR) is 78.1 cm³/mol. The minimum absolute atomic E-state index is 0.460. The van der Waals surface area contributed by atoms with Crippen LogP contribution in [0.1, 0.15) is 44.5 Å². The molecule has 1 atom stereocenters. The van der Waals surface area contributed by atoms with Gasteiger partial charge in [0.25, 0.3) is 0 Å². The highest BCUT2D eigenvalue weighted by Crippen LogP contribution is 2.17. The average Bonchev–Trinajstić information content (AvgIpc) is 3.05. The molecule has 4 heteroatoms. The summed E-state index contributed by atoms with van der Waals surface area (Å²) in [6.07, 6.45) is 9.36. The monoisotopic (exact) mass is 260 g/mol. The molecule has 1 unspecified atom stereocenters. The van der Waals surface area contributed by atoms with Crippen LogP contribution in [-0.4, -0.2) is 20.7 Å². The van der Waals surface area contributed by atoms with Crippen LogP contribution in [0.25, 0.3) is 0 Å². The first-order chi connectivity index (χ1) is 9.28. The third kappa shape index (κ3) is 3.26. The van der Waals surface area contributed by atoms with Crippen LogP contribution in [0, 0.1) is 0 Å². The van der Waals surface area contributed by atoms with Crippen molar-refractivity contribution in [2.45, 2.75) is 46.3 Å². The van der Waals surface area contributed by atoms with E-state index in [1.807, 2.05) is 12.5 Å². The highest BCUT2D eigenvalue weighted by atomic mass is 15.1. The fourth-order valence-electron chi connectivity index (χ4n) is 2.46. The molecule has 1 N–H and O–H groups in total. The van der Waals surface area contributed by atoms with Crippen LogP contribution in [0.3, 0.4) is 0 Å². The lowest BCUT2D eigenvalue weighted by Gasteiger charge is -2.14. The molecule has 0 fully saturated rings. The molecule has 0 amide bonds. The van der Waals surface area contributed by atoms with E-state index in [0.717, 1.165) is 26.1 Å². The summed E-state index contributed by atoms with van der Waals surface area (Å²) in [6, 6.07) is 2.67. The van der Waals surface area contributed by atoms with Gasteiger partial charge in [-0.25, -0.2) is 4.98 Å². The van der Waals surface area contributed by atoms with Gasteiger partial charge in [-0.1, -0.05) is 13.8 Å². The quantitative estimate of drug-likeness (QED) is 0.830. The van der Waals surface area contributed by atoms with Crippen LogP contribution in [0.15, 0.2) is 31.0 Å².